The molecule has 242 valence electrons. The van der Waals surface area contributed by atoms with Crippen molar-refractivity contribution in [1.82, 2.24) is 19.8 Å². The number of carbonyl (C=O) groups excluding carboxylic acids is 3. The molecule has 3 fully saturated rings. The van der Waals surface area contributed by atoms with E-state index >= 15 is 0 Å². The molecule has 1 saturated heterocycles. The second kappa shape index (κ2) is 11.6. The zero-order valence-corrected chi connectivity index (χ0v) is 27.1. The lowest BCUT2D eigenvalue weighted by Gasteiger charge is -2.35. The number of amides is 2. The topological polar surface area (TPSA) is 129 Å². The lowest BCUT2D eigenvalue weighted by atomic mass is 9.85. The van der Waals surface area contributed by atoms with Gasteiger partial charge >= 0.3 is 12.1 Å². The molecule has 2 aliphatic carbocycles. The summed E-state index contributed by atoms with van der Waals surface area (Å²) in [6.07, 6.45) is 5.98. The van der Waals surface area contributed by atoms with Gasteiger partial charge in [0.2, 0.25) is 5.91 Å². The third-order valence-corrected chi connectivity index (χ3v) is 10.2. The Hall–Kier alpha value is -3.60. The molecule has 1 N–H and O–H groups in total. The maximum absolute atomic E-state index is 14.2. The van der Waals surface area contributed by atoms with E-state index in [0.717, 1.165) is 25.7 Å². The zero-order chi connectivity index (χ0) is 32.3. The minimum Gasteiger partial charge on any atom is -0.467 e. The predicted octanol–water partition coefficient (Wildman–Crippen LogP) is 4.48. The molecular formula is C33H41ClN4O7. The van der Waals surface area contributed by atoms with Crippen LogP contribution in [0, 0.1) is 22.7 Å². The van der Waals surface area contributed by atoms with E-state index in [0.29, 0.717) is 21.8 Å². The number of fused-ring (bicyclic) bond motifs is 7. The smallest absolute Gasteiger partial charge is 0.408 e. The normalized spacial score (nSPS) is 32.6. The number of aromatic nitrogens is 2. The Labute approximate surface area is 267 Å². The van der Waals surface area contributed by atoms with Crippen LogP contribution in [0.1, 0.15) is 59.8 Å². The highest BCUT2D eigenvalue weighted by Gasteiger charge is 2.63. The van der Waals surface area contributed by atoms with Crippen LogP contribution < -0.4 is 15.6 Å². The molecule has 2 amide bonds. The number of ether oxygens (including phenoxy) is 3. The number of carbonyl (C=O) groups is 3. The van der Waals surface area contributed by atoms with Gasteiger partial charge in [-0.25, -0.2) is 9.59 Å². The van der Waals surface area contributed by atoms with E-state index in [4.69, 9.17) is 25.8 Å². The zero-order valence-electron chi connectivity index (χ0n) is 26.4. The highest BCUT2D eigenvalue weighted by molar-refractivity contribution is 6.31. The van der Waals surface area contributed by atoms with Gasteiger partial charge in [-0.15, -0.1) is 0 Å². The number of hydrogen-bond acceptors (Lipinski definition) is 8. The molecule has 11 nitrogen and oxygen atoms in total. The third-order valence-electron chi connectivity index (χ3n) is 10.0. The van der Waals surface area contributed by atoms with Gasteiger partial charge in [-0.3, -0.25) is 14.2 Å². The fourth-order valence-corrected chi connectivity index (χ4v) is 7.65. The Balaban J connectivity index is 1.39. The van der Waals surface area contributed by atoms with Crippen LogP contribution in [0.15, 0.2) is 35.1 Å². The second-order valence-electron chi connectivity index (χ2n) is 14.2. The van der Waals surface area contributed by atoms with Gasteiger partial charge in [0, 0.05) is 18.0 Å². The van der Waals surface area contributed by atoms with Crippen molar-refractivity contribution in [2.24, 2.45) is 22.7 Å². The fraction of sp³-hybridized carbons (Fsp3) is 0.606. The molecule has 0 radical (unpaired) electrons. The van der Waals surface area contributed by atoms with Crippen molar-refractivity contribution in [3.05, 3.63) is 45.7 Å². The molecule has 2 bridgehead atoms. The first-order chi connectivity index (χ1) is 21.3. The van der Waals surface area contributed by atoms with Gasteiger partial charge in [-0.2, -0.15) is 4.98 Å². The minimum atomic E-state index is -0.984. The van der Waals surface area contributed by atoms with E-state index in [1.807, 2.05) is 32.9 Å². The Morgan fingerprint density at radius 1 is 1.16 bits per heavy atom. The summed E-state index contributed by atoms with van der Waals surface area (Å²) in [5.41, 5.74) is -0.441. The van der Waals surface area contributed by atoms with E-state index in [-0.39, 0.29) is 48.5 Å². The van der Waals surface area contributed by atoms with Crippen LogP contribution in [0.4, 0.5) is 4.79 Å². The van der Waals surface area contributed by atoms with Crippen molar-refractivity contribution in [2.45, 2.75) is 90.6 Å². The van der Waals surface area contributed by atoms with E-state index < -0.39 is 41.6 Å². The number of allylic oxidation sites excluding steroid dienone is 2. The number of alkyl carbamates (subject to hydrolysis) is 1. The molecule has 1 aromatic heterocycles. The van der Waals surface area contributed by atoms with Gasteiger partial charge in [-0.05, 0) is 66.5 Å². The Morgan fingerprint density at radius 2 is 1.93 bits per heavy atom. The summed E-state index contributed by atoms with van der Waals surface area (Å²) in [5.74, 6) is -0.366. The lowest BCUT2D eigenvalue weighted by molar-refractivity contribution is -0.152. The van der Waals surface area contributed by atoms with Crippen LogP contribution in [0.5, 0.6) is 6.01 Å². The molecule has 0 unspecified atom stereocenters. The number of benzene rings is 1. The molecule has 45 heavy (non-hydrogen) atoms. The number of hydrogen-bond donors (Lipinski definition) is 1. The van der Waals surface area contributed by atoms with Crippen LogP contribution in [0.3, 0.4) is 0 Å². The molecule has 1 aromatic carbocycles. The van der Waals surface area contributed by atoms with Crippen LogP contribution in [-0.4, -0.2) is 70.4 Å². The van der Waals surface area contributed by atoms with Crippen molar-refractivity contribution in [3.8, 4) is 6.01 Å². The first-order valence-electron chi connectivity index (χ1n) is 15.7. The average Bonchev–Trinajstić information content (AvgIpc) is 3.31. The number of methoxy groups -OCH3 is 1. The number of halogens is 1. The molecule has 2 aliphatic heterocycles. The highest BCUT2D eigenvalue weighted by atomic mass is 35.5. The summed E-state index contributed by atoms with van der Waals surface area (Å²) in [4.78, 5) is 60.2. The van der Waals surface area contributed by atoms with Crippen molar-refractivity contribution < 1.29 is 28.6 Å². The van der Waals surface area contributed by atoms with E-state index in [1.165, 1.54) is 16.6 Å². The number of esters is 1. The standard InChI is InChI=1S/C33H41ClN4O7/c1-32(2,3)26-28(40)38-17-19(14-24(38)29(41)43-5)44-30-35-23-13-18(34)10-11-21(23)27(39)37(30)12-8-6-7-9-20-22-15-33(22,4)16-25(20)45-31(42)36-26/h6,8,10-11,13,19-20,22,24-26H,7,9,12,14-17H2,1-5H3,(H,36,42)/b8-6+/t19-,20-,22-,24+,25-,26-,33-/m1/s1. The summed E-state index contributed by atoms with van der Waals surface area (Å²) >= 11 is 6.22. The summed E-state index contributed by atoms with van der Waals surface area (Å²) < 4.78 is 18.9. The van der Waals surface area contributed by atoms with Gasteiger partial charge in [0.1, 0.15) is 24.3 Å². The number of nitrogens with zero attached hydrogens (tertiary/aromatic N) is 3. The maximum Gasteiger partial charge on any atom is 0.408 e. The van der Waals surface area contributed by atoms with Gasteiger partial charge in [0.25, 0.3) is 11.6 Å². The quantitative estimate of drug-likeness (QED) is 0.357. The van der Waals surface area contributed by atoms with Crippen LogP contribution in [0.2, 0.25) is 5.02 Å². The molecule has 0 spiro atoms. The molecule has 2 aromatic rings. The molecule has 2 saturated carbocycles. The Kier molecular flexibility index (Phi) is 8.12. The van der Waals surface area contributed by atoms with E-state index in [2.05, 4.69) is 17.2 Å². The molecule has 6 rings (SSSR count). The van der Waals surface area contributed by atoms with Crippen molar-refractivity contribution in [2.75, 3.05) is 13.7 Å². The van der Waals surface area contributed by atoms with Crippen molar-refractivity contribution >= 4 is 40.5 Å². The monoisotopic (exact) mass is 640 g/mol. The molecule has 12 heteroatoms. The predicted molar refractivity (Wildman–Crippen MR) is 167 cm³/mol. The van der Waals surface area contributed by atoms with Gasteiger partial charge < -0.3 is 24.4 Å². The fourth-order valence-electron chi connectivity index (χ4n) is 7.48. The van der Waals surface area contributed by atoms with Gasteiger partial charge in [0.15, 0.2) is 0 Å². The lowest BCUT2D eigenvalue weighted by Crippen LogP contribution is -2.57. The van der Waals surface area contributed by atoms with Crippen LogP contribution in [0.25, 0.3) is 10.9 Å². The van der Waals surface area contributed by atoms with Crippen LogP contribution >= 0.6 is 11.6 Å². The van der Waals surface area contributed by atoms with Gasteiger partial charge in [0.05, 0.1) is 24.6 Å². The molecule has 4 aliphatic rings. The highest BCUT2D eigenvalue weighted by Crippen LogP contribution is 2.67. The molecular weight excluding hydrogens is 600 g/mol. The number of nitrogens with one attached hydrogen (secondary N) is 1. The first kappa shape index (κ1) is 31.4. The van der Waals surface area contributed by atoms with Gasteiger partial charge in [-0.1, -0.05) is 51.4 Å². The summed E-state index contributed by atoms with van der Waals surface area (Å²) in [7, 11) is 1.26. The van der Waals surface area contributed by atoms with E-state index in [1.54, 1.807) is 18.2 Å². The Bertz CT molecular complexity index is 1620. The number of rotatable bonds is 1. The SMILES string of the molecule is COC(=O)[C@@H]1C[C@@H]2CN1C(=O)[C@H](C(C)(C)C)NC(=O)O[C@@H]1C[C@@]3(C)C[C@@H]3[C@H]1CC/C=C/Cn1c(nc3cc(Cl)ccc3c1=O)O2. The summed E-state index contributed by atoms with van der Waals surface area (Å²) in [5, 5.41) is 3.68. The first-order valence-corrected chi connectivity index (χ1v) is 16.0. The minimum absolute atomic E-state index is 0.0198. The van der Waals surface area contributed by atoms with Crippen molar-refractivity contribution in [3.63, 3.8) is 0 Å². The second-order valence-corrected chi connectivity index (χ2v) is 14.7. The molecule has 7 atom stereocenters. The summed E-state index contributed by atoms with van der Waals surface area (Å²) in [6.45, 7) is 8.03. The Morgan fingerprint density at radius 3 is 2.67 bits per heavy atom. The average molecular weight is 641 g/mol. The molecule has 3 heterocycles. The maximum atomic E-state index is 14.2. The third kappa shape index (κ3) is 6.03. The largest absolute Gasteiger partial charge is 0.467 e. The van der Waals surface area contributed by atoms with Crippen molar-refractivity contribution in [1.29, 1.82) is 0 Å². The van der Waals surface area contributed by atoms with Crippen LogP contribution in [-0.2, 0) is 25.6 Å². The van der Waals surface area contributed by atoms with E-state index in [9.17, 15) is 19.2 Å². The summed E-state index contributed by atoms with van der Waals surface area (Å²) in [6, 6.07) is 3.03.